The Bertz CT molecular complexity index is 1230. The Morgan fingerprint density at radius 2 is 1.61 bits per heavy atom. The molecule has 2 heterocycles. The van der Waals surface area contributed by atoms with Crippen LogP contribution in [0.1, 0.15) is 0 Å². The van der Waals surface area contributed by atoms with Crippen molar-refractivity contribution in [3.05, 3.63) is 84.9 Å². The van der Waals surface area contributed by atoms with E-state index in [1.54, 1.807) is 11.3 Å². The molecule has 0 aliphatic carbocycles. The lowest BCUT2D eigenvalue weighted by Gasteiger charge is -2.30. The Labute approximate surface area is 195 Å². The molecule has 1 atom stereocenters. The molecule has 6 nitrogen and oxygen atoms in total. The van der Waals surface area contributed by atoms with Crippen LogP contribution in [0.4, 0.5) is 5.13 Å². The summed E-state index contributed by atoms with van der Waals surface area (Å²) in [5.74, 6) is 0.583. The first-order chi connectivity index (χ1) is 16.2. The molecule has 0 spiro atoms. The number of rotatable bonds is 6. The Hall–Kier alpha value is -3.68. The topological polar surface area (TPSA) is 71.9 Å². The Morgan fingerprint density at radius 3 is 2.30 bits per heavy atom. The number of carboxylic acids is 1. The number of carbonyl (C=O) groups is 1. The van der Waals surface area contributed by atoms with Gasteiger partial charge in [0.15, 0.2) is 11.2 Å². The number of ether oxygens (including phenoxy) is 2. The molecule has 4 aromatic rings. The van der Waals surface area contributed by atoms with Gasteiger partial charge in [0.2, 0.25) is 0 Å². The van der Waals surface area contributed by atoms with E-state index in [1.165, 1.54) is 0 Å². The van der Waals surface area contributed by atoms with Crippen molar-refractivity contribution in [1.29, 1.82) is 0 Å². The monoisotopic (exact) mass is 458 g/mol. The maximum Gasteiger partial charge on any atom is 0.334 e. The highest BCUT2D eigenvalue weighted by molar-refractivity contribution is 7.19. The third-order valence-electron chi connectivity index (χ3n) is 5.37. The predicted molar refractivity (Wildman–Crippen MR) is 129 cm³/mol. The van der Waals surface area contributed by atoms with Crippen LogP contribution in [-0.4, -0.2) is 41.9 Å². The van der Waals surface area contributed by atoms with Crippen molar-refractivity contribution >= 4 is 22.4 Å². The zero-order valence-corrected chi connectivity index (χ0v) is 18.6. The van der Waals surface area contributed by atoms with E-state index in [1.807, 2.05) is 77.7 Å². The number of anilines is 1. The summed E-state index contributed by atoms with van der Waals surface area (Å²) in [6.45, 7) is 1.24. The highest BCUT2D eigenvalue weighted by Crippen LogP contribution is 2.41. The minimum atomic E-state index is -0.950. The summed E-state index contributed by atoms with van der Waals surface area (Å²) in [5.41, 5.74) is 2.91. The number of carboxylic acid groups (broad SMARTS) is 1. The van der Waals surface area contributed by atoms with Gasteiger partial charge in [-0.05, 0) is 42.0 Å². The summed E-state index contributed by atoms with van der Waals surface area (Å²) >= 11 is 1.57. The van der Waals surface area contributed by atoms with Crippen LogP contribution in [0.25, 0.3) is 21.7 Å². The molecule has 0 radical (unpaired) electrons. The molecular formula is C26H22N2O4S. The van der Waals surface area contributed by atoms with E-state index in [9.17, 15) is 9.90 Å². The average molecular weight is 459 g/mol. The van der Waals surface area contributed by atoms with Gasteiger partial charge in [0.1, 0.15) is 11.5 Å². The van der Waals surface area contributed by atoms with Gasteiger partial charge >= 0.3 is 5.97 Å². The Balaban J connectivity index is 1.47. The fourth-order valence-corrected chi connectivity index (χ4v) is 4.83. The van der Waals surface area contributed by atoms with Gasteiger partial charge in [-0.2, -0.15) is 0 Å². The molecule has 33 heavy (non-hydrogen) atoms. The summed E-state index contributed by atoms with van der Waals surface area (Å²) in [6, 6.07) is 27.7. The van der Waals surface area contributed by atoms with Crippen LogP contribution in [0.3, 0.4) is 0 Å². The number of aromatic nitrogens is 1. The van der Waals surface area contributed by atoms with E-state index in [2.05, 4.69) is 12.1 Å². The van der Waals surface area contributed by atoms with Crippen molar-refractivity contribution in [1.82, 2.24) is 4.98 Å². The maximum atomic E-state index is 11.4. The van der Waals surface area contributed by atoms with Gasteiger partial charge in [-0.3, -0.25) is 0 Å². The van der Waals surface area contributed by atoms with Crippen LogP contribution < -0.4 is 9.64 Å². The second kappa shape index (κ2) is 9.44. The predicted octanol–water partition coefficient (Wildman–Crippen LogP) is 5.56. The zero-order valence-electron chi connectivity index (χ0n) is 17.8. The van der Waals surface area contributed by atoms with Gasteiger partial charge in [0.25, 0.3) is 0 Å². The first-order valence-corrected chi connectivity index (χ1v) is 11.5. The lowest BCUT2D eigenvalue weighted by molar-refractivity contribution is -0.150. The van der Waals surface area contributed by atoms with Gasteiger partial charge in [-0.25, -0.2) is 9.78 Å². The number of nitrogens with zero attached hydrogens (tertiary/aromatic N) is 2. The molecule has 1 saturated heterocycles. The van der Waals surface area contributed by atoms with E-state index < -0.39 is 12.1 Å². The first-order valence-electron chi connectivity index (χ1n) is 10.7. The van der Waals surface area contributed by atoms with Gasteiger partial charge in [0.05, 0.1) is 23.7 Å². The van der Waals surface area contributed by atoms with Crippen molar-refractivity contribution in [2.75, 3.05) is 24.6 Å². The first kappa shape index (κ1) is 21.2. The van der Waals surface area contributed by atoms with Crippen molar-refractivity contribution < 1.29 is 19.4 Å². The number of hydrogen-bond acceptors (Lipinski definition) is 6. The van der Waals surface area contributed by atoms with Gasteiger partial charge in [0, 0.05) is 12.1 Å². The number of aliphatic carboxylic acids is 1. The molecule has 0 amide bonds. The van der Waals surface area contributed by atoms with Gasteiger partial charge in [-0.1, -0.05) is 59.9 Å². The molecule has 1 unspecified atom stereocenters. The molecule has 1 aliphatic rings. The summed E-state index contributed by atoms with van der Waals surface area (Å²) in [5, 5.41) is 10.2. The molecule has 5 rings (SSSR count). The molecule has 7 heteroatoms. The molecule has 166 valence electrons. The Kier molecular flexibility index (Phi) is 6.06. The minimum absolute atomic E-state index is 0.278. The molecule has 3 aromatic carbocycles. The zero-order chi connectivity index (χ0) is 22.6. The molecule has 0 bridgehead atoms. The smallest absolute Gasteiger partial charge is 0.334 e. The fraction of sp³-hybridized carbons (Fsp3) is 0.154. The fourth-order valence-electron chi connectivity index (χ4n) is 3.70. The third kappa shape index (κ3) is 4.74. The largest absolute Gasteiger partial charge is 0.479 e. The normalized spacial score (nSPS) is 15.9. The standard InChI is InChI=1S/C26H22N2O4S/c29-25(30)22-17-28(15-16-31-22)26-27-23(24(33-26)19-7-3-1-4-8-19)18-11-13-21(14-12-18)32-20-9-5-2-6-10-20/h1-14,22H,15-17H2,(H,29,30). The van der Waals surface area contributed by atoms with E-state index in [-0.39, 0.29) is 6.54 Å². The van der Waals surface area contributed by atoms with Gasteiger partial charge < -0.3 is 19.5 Å². The highest BCUT2D eigenvalue weighted by atomic mass is 32.1. The number of para-hydroxylation sites is 1. The van der Waals surface area contributed by atoms with E-state index in [0.717, 1.165) is 38.3 Å². The van der Waals surface area contributed by atoms with Crippen LogP contribution in [0.15, 0.2) is 84.9 Å². The molecule has 1 aromatic heterocycles. The second-order valence-electron chi connectivity index (χ2n) is 7.62. The second-order valence-corrected chi connectivity index (χ2v) is 8.60. The number of thiazole rings is 1. The minimum Gasteiger partial charge on any atom is -0.479 e. The molecule has 1 aliphatic heterocycles. The van der Waals surface area contributed by atoms with Gasteiger partial charge in [-0.15, -0.1) is 0 Å². The summed E-state index contributed by atoms with van der Waals surface area (Å²) in [7, 11) is 0. The molecule has 1 fully saturated rings. The van der Waals surface area contributed by atoms with Crippen LogP contribution in [0.5, 0.6) is 11.5 Å². The van der Waals surface area contributed by atoms with Crippen molar-refractivity contribution in [2.24, 2.45) is 0 Å². The van der Waals surface area contributed by atoms with Crippen LogP contribution in [0.2, 0.25) is 0 Å². The van der Waals surface area contributed by atoms with E-state index in [0.29, 0.717) is 13.2 Å². The SMILES string of the molecule is O=C(O)C1CN(c2nc(-c3ccc(Oc4ccccc4)cc3)c(-c3ccccc3)s2)CCO1. The van der Waals surface area contributed by atoms with Crippen LogP contribution in [-0.2, 0) is 9.53 Å². The number of morpholine rings is 1. The highest BCUT2D eigenvalue weighted by Gasteiger charge is 2.29. The van der Waals surface area contributed by atoms with Crippen molar-refractivity contribution in [2.45, 2.75) is 6.10 Å². The summed E-state index contributed by atoms with van der Waals surface area (Å²) < 4.78 is 11.3. The lowest BCUT2D eigenvalue weighted by Crippen LogP contribution is -2.46. The van der Waals surface area contributed by atoms with Crippen LogP contribution >= 0.6 is 11.3 Å². The Morgan fingerprint density at radius 1 is 0.939 bits per heavy atom. The van der Waals surface area contributed by atoms with Crippen LogP contribution in [0, 0.1) is 0 Å². The quantitative estimate of drug-likeness (QED) is 0.408. The molecular weight excluding hydrogens is 436 g/mol. The van der Waals surface area contributed by atoms with E-state index >= 15 is 0 Å². The lowest BCUT2D eigenvalue weighted by atomic mass is 10.1. The number of hydrogen-bond donors (Lipinski definition) is 1. The van der Waals surface area contributed by atoms with E-state index in [4.69, 9.17) is 14.5 Å². The average Bonchev–Trinajstić information content (AvgIpc) is 3.31. The molecule has 1 N–H and O–H groups in total. The van der Waals surface area contributed by atoms with Crippen molar-refractivity contribution in [3.8, 4) is 33.2 Å². The van der Waals surface area contributed by atoms with Crippen molar-refractivity contribution in [3.63, 3.8) is 0 Å². The maximum absolute atomic E-state index is 11.4. The third-order valence-corrected chi connectivity index (χ3v) is 6.54. The summed E-state index contributed by atoms with van der Waals surface area (Å²) in [6.07, 6.45) is -0.847. The molecule has 0 saturated carbocycles. The summed E-state index contributed by atoms with van der Waals surface area (Å²) in [4.78, 5) is 19.4. The number of benzene rings is 3.